The van der Waals surface area contributed by atoms with Gasteiger partial charge in [-0.05, 0) is 19.8 Å². The van der Waals surface area contributed by atoms with E-state index in [4.69, 9.17) is 0 Å². The monoisotopic (exact) mass is 140 g/mol. The largest absolute Gasteiger partial charge is 0.351 e. The van der Waals surface area contributed by atoms with E-state index in [0.29, 0.717) is 6.04 Å². The molecule has 3 heteroatoms. The van der Waals surface area contributed by atoms with Crippen LogP contribution in [0.2, 0.25) is 0 Å². The van der Waals surface area contributed by atoms with Crippen LogP contribution in [0.1, 0.15) is 19.8 Å². The smallest absolute Gasteiger partial charge is 0.240 e. The van der Waals surface area contributed by atoms with Gasteiger partial charge in [0.05, 0.1) is 5.54 Å². The molecule has 0 aromatic rings. The Kier molecular flexibility index (Phi) is 1.06. The van der Waals surface area contributed by atoms with Crippen molar-refractivity contribution in [1.82, 2.24) is 10.6 Å². The van der Waals surface area contributed by atoms with E-state index in [-0.39, 0.29) is 11.4 Å². The molecule has 1 unspecified atom stereocenters. The van der Waals surface area contributed by atoms with Crippen molar-refractivity contribution in [2.45, 2.75) is 31.3 Å². The summed E-state index contributed by atoms with van der Waals surface area (Å²) in [6, 6.07) is 0.304. The van der Waals surface area contributed by atoms with Gasteiger partial charge in [0.25, 0.3) is 0 Å². The van der Waals surface area contributed by atoms with Crippen molar-refractivity contribution >= 4 is 5.91 Å². The minimum absolute atomic E-state index is 0.132. The van der Waals surface area contributed by atoms with Crippen molar-refractivity contribution in [1.29, 1.82) is 0 Å². The van der Waals surface area contributed by atoms with Crippen LogP contribution < -0.4 is 10.6 Å². The van der Waals surface area contributed by atoms with E-state index in [0.717, 1.165) is 19.4 Å². The second-order valence-corrected chi connectivity index (χ2v) is 3.34. The molecule has 1 amide bonds. The first-order valence-corrected chi connectivity index (χ1v) is 3.79. The maximum absolute atomic E-state index is 11.2. The Morgan fingerprint density at radius 3 is 2.80 bits per heavy atom. The van der Waals surface area contributed by atoms with Crippen molar-refractivity contribution in [2.75, 3.05) is 6.54 Å². The molecular weight excluding hydrogens is 128 g/mol. The predicted octanol–water partition coefficient (Wildman–Crippen LogP) is -0.373. The zero-order valence-corrected chi connectivity index (χ0v) is 6.11. The first-order chi connectivity index (χ1) is 4.73. The maximum Gasteiger partial charge on any atom is 0.240 e. The molecule has 1 atom stereocenters. The highest BCUT2D eigenvalue weighted by Gasteiger charge is 2.51. The minimum atomic E-state index is -0.132. The average Bonchev–Trinajstić information content (AvgIpc) is 2.62. The van der Waals surface area contributed by atoms with E-state index < -0.39 is 0 Å². The van der Waals surface area contributed by atoms with Gasteiger partial charge in [-0.3, -0.25) is 4.79 Å². The Balaban J connectivity index is 2.08. The quantitative estimate of drug-likeness (QED) is 0.482. The molecule has 2 aliphatic rings. The van der Waals surface area contributed by atoms with Gasteiger partial charge in [0, 0.05) is 12.6 Å². The molecule has 2 fully saturated rings. The van der Waals surface area contributed by atoms with Crippen LogP contribution in [0.3, 0.4) is 0 Å². The lowest BCUT2D eigenvalue weighted by molar-refractivity contribution is -0.126. The number of carbonyl (C=O) groups excluding carboxylic acids is 1. The number of piperazine rings is 1. The van der Waals surface area contributed by atoms with Crippen LogP contribution in [0.15, 0.2) is 0 Å². The molecule has 2 rings (SSSR count). The van der Waals surface area contributed by atoms with E-state index in [1.54, 1.807) is 0 Å². The van der Waals surface area contributed by atoms with Crippen molar-refractivity contribution in [3.05, 3.63) is 0 Å². The fraction of sp³-hybridized carbons (Fsp3) is 0.857. The second-order valence-electron chi connectivity index (χ2n) is 3.34. The minimum Gasteiger partial charge on any atom is -0.351 e. The van der Waals surface area contributed by atoms with Gasteiger partial charge in [-0.2, -0.15) is 0 Å². The summed E-state index contributed by atoms with van der Waals surface area (Å²) < 4.78 is 0. The van der Waals surface area contributed by atoms with Crippen molar-refractivity contribution in [3.8, 4) is 0 Å². The Bertz CT molecular complexity index is 174. The Hall–Kier alpha value is -0.570. The molecule has 1 heterocycles. The fourth-order valence-corrected chi connectivity index (χ4v) is 1.37. The molecule has 10 heavy (non-hydrogen) atoms. The summed E-state index contributed by atoms with van der Waals surface area (Å²) in [6.45, 7) is 2.94. The van der Waals surface area contributed by atoms with Crippen molar-refractivity contribution < 1.29 is 4.79 Å². The molecule has 2 N–H and O–H groups in total. The van der Waals surface area contributed by atoms with E-state index in [2.05, 4.69) is 10.6 Å². The molecule has 0 bridgehead atoms. The van der Waals surface area contributed by atoms with E-state index >= 15 is 0 Å². The van der Waals surface area contributed by atoms with Crippen LogP contribution in [0.25, 0.3) is 0 Å². The van der Waals surface area contributed by atoms with E-state index in [1.165, 1.54) is 0 Å². The molecule has 1 aliphatic heterocycles. The highest BCUT2D eigenvalue weighted by Crippen LogP contribution is 2.36. The Morgan fingerprint density at radius 1 is 1.60 bits per heavy atom. The van der Waals surface area contributed by atoms with Gasteiger partial charge >= 0.3 is 0 Å². The molecule has 0 radical (unpaired) electrons. The summed E-state index contributed by atoms with van der Waals surface area (Å²) in [5.41, 5.74) is -0.132. The zero-order valence-electron chi connectivity index (χ0n) is 6.11. The van der Waals surface area contributed by atoms with Crippen LogP contribution in [0, 0.1) is 0 Å². The summed E-state index contributed by atoms with van der Waals surface area (Å²) in [7, 11) is 0. The lowest BCUT2D eigenvalue weighted by Crippen LogP contribution is -2.58. The normalized spacial score (nSPS) is 35.7. The van der Waals surface area contributed by atoms with Gasteiger partial charge in [-0.25, -0.2) is 0 Å². The Labute approximate surface area is 60.2 Å². The van der Waals surface area contributed by atoms with Crippen LogP contribution in [0.4, 0.5) is 0 Å². The average molecular weight is 140 g/mol. The third kappa shape index (κ3) is 0.736. The van der Waals surface area contributed by atoms with Crippen LogP contribution in [0.5, 0.6) is 0 Å². The fourth-order valence-electron chi connectivity index (χ4n) is 1.37. The lowest BCUT2D eigenvalue weighted by Gasteiger charge is -2.27. The second kappa shape index (κ2) is 1.72. The van der Waals surface area contributed by atoms with Gasteiger partial charge in [0.1, 0.15) is 0 Å². The summed E-state index contributed by atoms with van der Waals surface area (Å²) in [5, 5.41) is 6.19. The van der Waals surface area contributed by atoms with E-state index in [1.807, 2.05) is 6.92 Å². The van der Waals surface area contributed by atoms with Gasteiger partial charge in [0.2, 0.25) is 5.91 Å². The SMILES string of the molecule is CC1CNC2(CC2)C(=O)N1. The highest BCUT2D eigenvalue weighted by molar-refractivity contribution is 5.90. The standard InChI is InChI=1S/C7H12N2O/c1-5-4-8-7(2-3-7)6(10)9-5/h5,8H,2-4H2,1H3,(H,9,10). The van der Waals surface area contributed by atoms with Crippen molar-refractivity contribution in [3.63, 3.8) is 0 Å². The highest BCUT2D eigenvalue weighted by atomic mass is 16.2. The number of amides is 1. The predicted molar refractivity (Wildman–Crippen MR) is 37.6 cm³/mol. The molecular formula is C7H12N2O. The van der Waals surface area contributed by atoms with Gasteiger partial charge < -0.3 is 10.6 Å². The molecule has 1 saturated heterocycles. The topological polar surface area (TPSA) is 41.1 Å². The lowest BCUT2D eigenvalue weighted by atomic mass is 10.1. The summed E-state index contributed by atoms with van der Waals surface area (Å²) in [4.78, 5) is 11.2. The van der Waals surface area contributed by atoms with Crippen LogP contribution >= 0.6 is 0 Å². The van der Waals surface area contributed by atoms with Gasteiger partial charge in [-0.1, -0.05) is 0 Å². The molecule has 1 saturated carbocycles. The molecule has 3 nitrogen and oxygen atoms in total. The number of nitrogens with one attached hydrogen (secondary N) is 2. The number of rotatable bonds is 0. The van der Waals surface area contributed by atoms with Crippen LogP contribution in [-0.2, 0) is 4.79 Å². The number of carbonyl (C=O) groups is 1. The maximum atomic E-state index is 11.2. The third-order valence-electron chi connectivity index (χ3n) is 2.31. The number of hydrogen-bond donors (Lipinski definition) is 2. The number of hydrogen-bond acceptors (Lipinski definition) is 2. The summed E-state index contributed by atoms with van der Waals surface area (Å²) in [5.74, 6) is 0.200. The Morgan fingerprint density at radius 2 is 2.30 bits per heavy atom. The molecule has 1 spiro atoms. The molecule has 1 aliphatic carbocycles. The molecule has 56 valence electrons. The first kappa shape index (κ1) is 6.16. The third-order valence-corrected chi connectivity index (χ3v) is 2.31. The van der Waals surface area contributed by atoms with E-state index in [9.17, 15) is 4.79 Å². The molecule has 0 aromatic heterocycles. The van der Waals surface area contributed by atoms with Crippen LogP contribution in [-0.4, -0.2) is 24.0 Å². The van der Waals surface area contributed by atoms with Gasteiger partial charge in [-0.15, -0.1) is 0 Å². The zero-order chi connectivity index (χ0) is 7.19. The molecule has 0 aromatic carbocycles. The summed E-state index contributed by atoms with van der Waals surface area (Å²) in [6.07, 6.45) is 2.04. The van der Waals surface area contributed by atoms with Gasteiger partial charge in [0.15, 0.2) is 0 Å². The summed E-state index contributed by atoms with van der Waals surface area (Å²) >= 11 is 0. The van der Waals surface area contributed by atoms with Crippen molar-refractivity contribution in [2.24, 2.45) is 0 Å². The first-order valence-electron chi connectivity index (χ1n) is 3.79.